The summed E-state index contributed by atoms with van der Waals surface area (Å²) in [6.07, 6.45) is -0.555. The number of sulfonamides is 1. The molecule has 0 saturated heterocycles. The fourth-order valence-corrected chi connectivity index (χ4v) is 2.19. The fourth-order valence-electron chi connectivity index (χ4n) is 1.15. The Balaban J connectivity index is 2.86. The molecule has 0 fully saturated rings. The average molecular weight is 277 g/mol. The van der Waals surface area contributed by atoms with Gasteiger partial charge in [-0.15, -0.1) is 0 Å². The Morgan fingerprint density at radius 2 is 2.17 bits per heavy atom. The van der Waals surface area contributed by atoms with Gasteiger partial charge in [-0.3, -0.25) is 9.52 Å². The minimum atomic E-state index is -3.90. The summed E-state index contributed by atoms with van der Waals surface area (Å²) in [4.78, 5) is 10.3. The van der Waals surface area contributed by atoms with Gasteiger partial charge in [0.2, 0.25) is 10.0 Å². The van der Waals surface area contributed by atoms with Crippen molar-refractivity contribution in [1.82, 2.24) is 0 Å². The van der Waals surface area contributed by atoms with Crippen LogP contribution in [0.5, 0.6) is 5.75 Å². The molecule has 0 saturated carbocycles. The number of aliphatic carboxylic acids is 1. The molecule has 0 aliphatic rings. The van der Waals surface area contributed by atoms with Gasteiger partial charge in [0.1, 0.15) is 11.6 Å². The number of halogens is 1. The van der Waals surface area contributed by atoms with Gasteiger partial charge in [0.25, 0.3) is 0 Å². The van der Waals surface area contributed by atoms with E-state index in [1.54, 1.807) is 0 Å². The topological polar surface area (TPSA) is 92.7 Å². The van der Waals surface area contributed by atoms with Gasteiger partial charge >= 0.3 is 5.97 Å². The van der Waals surface area contributed by atoms with Crippen LogP contribution in [0.25, 0.3) is 0 Å². The third kappa shape index (κ3) is 4.21. The van der Waals surface area contributed by atoms with Gasteiger partial charge < -0.3 is 9.84 Å². The monoisotopic (exact) mass is 277 g/mol. The summed E-state index contributed by atoms with van der Waals surface area (Å²) >= 11 is 0. The summed E-state index contributed by atoms with van der Waals surface area (Å²) in [6, 6.07) is 3.56. The van der Waals surface area contributed by atoms with Crippen molar-refractivity contribution in [2.24, 2.45) is 0 Å². The summed E-state index contributed by atoms with van der Waals surface area (Å²) in [6.45, 7) is 0. The van der Waals surface area contributed by atoms with E-state index in [1.165, 1.54) is 19.2 Å². The molecule has 1 aromatic carbocycles. The van der Waals surface area contributed by atoms with Crippen molar-refractivity contribution in [2.45, 2.75) is 6.42 Å². The standard InChI is InChI=1S/C10H12FNO5S/c1-17-7-2-3-8(11)9(6-7)12-18(15,16)5-4-10(13)14/h2-3,6,12H,4-5H2,1H3,(H,13,14). The lowest BCUT2D eigenvalue weighted by Gasteiger charge is -2.09. The number of hydrogen-bond donors (Lipinski definition) is 2. The van der Waals surface area contributed by atoms with Crippen molar-refractivity contribution in [1.29, 1.82) is 0 Å². The average Bonchev–Trinajstić information content (AvgIpc) is 2.29. The van der Waals surface area contributed by atoms with E-state index in [2.05, 4.69) is 0 Å². The molecule has 100 valence electrons. The minimum absolute atomic E-state index is 0.278. The number of methoxy groups -OCH3 is 1. The maximum absolute atomic E-state index is 13.3. The first-order valence-corrected chi connectivity index (χ1v) is 6.55. The van der Waals surface area contributed by atoms with Crippen LogP contribution < -0.4 is 9.46 Å². The highest BCUT2D eigenvalue weighted by Crippen LogP contribution is 2.22. The number of carbonyl (C=O) groups is 1. The molecule has 0 aliphatic heterocycles. The first-order chi connectivity index (χ1) is 8.34. The Morgan fingerprint density at radius 3 is 2.72 bits per heavy atom. The third-order valence-electron chi connectivity index (χ3n) is 2.02. The summed E-state index contributed by atoms with van der Waals surface area (Å²) < 4.78 is 43.1. The van der Waals surface area contributed by atoms with Crippen LogP contribution in [0.1, 0.15) is 6.42 Å². The van der Waals surface area contributed by atoms with Gasteiger partial charge in [-0.2, -0.15) is 0 Å². The molecule has 0 spiro atoms. The first kappa shape index (κ1) is 14.2. The third-order valence-corrected chi connectivity index (χ3v) is 3.30. The van der Waals surface area contributed by atoms with E-state index in [1.807, 2.05) is 4.72 Å². The van der Waals surface area contributed by atoms with E-state index in [0.717, 1.165) is 6.07 Å². The highest BCUT2D eigenvalue weighted by Gasteiger charge is 2.15. The van der Waals surface area contributed by atoms with Crippen molar-refractivity contribution in [3.63, 3.8) is 0 Å². The second-order valence-corrected chi connectivity index (χ2v) is 5.25. The van der Waals surface area contributed by atoms with Gasteiger partial charge in [0.05, 0.1) is 25.0 Å². The van der Waals surface area contributed by atoms with E-state index in [0.29, 0.717) is 0 Å². The van der Waals surface area contributed by atoms with Gasteiger partial charge in [-0.25, -0.2) is 12.8 Å². The molecule has 0 radical (unpaired) electrons. The molecule has 0 unspecified atom stereocenters. The highest BCUT2D eigenvalue weighted by atomic mass is 32.2. The van der Waals surface area contributed by atoms with Crippen LogP contribution in [0.4, 0.5) is 10.1 Å². The molecular weight excluding hydrogens is 265 g/mol. The Hall–Kier alpha value is -1.83. The quantitative estimate of drug-likeness (QED) is 0.810. The minimum Gasteiger partial charge on any atom is -0.497 e. The van der Waals surface area contributed by atoms with Crippen molar-refractivity contribution in [3.8, 4) is 5.75 Å². The van der Waals surface area contributed by atoms with Crippen LogP contribution >= 0.6 is 0 Å². The van der Waals surface area contributed by atoms with Crippen molar-refractivity contribution < 1.29 is 27.4 Å². The fraction of sp³-hybridized carbons (Fsp3) is 0.300. The molecule has 6 nitrogen and oxygen atoms in total. The smallest absolute Gasteiger partial charge is 0.304 e. The Bertz CT molecular complexity index is 543. The lowest BCUT2D eigenvalue weighted by molar-refractivity contribution is -0.136. The van der Waals surface area contributed by atoms with Crippen LogP contribution in [0.3, 0.4) is 0 Å². The zero-order valence-corrected chi connectivity index (χ0v) is 10.3. The van der Waals surface area contributed by atoms with Crippen molar-refractivity contribution in [2.75, 3.05) is 17.6 Å². The SMILES string of the molecule is COc1ccc(F)c(NS(=O)(=O)CCC(=O)O)c1. The zero-order valence-electron chi connectivity index (χ0n) is 9.51. The molecule has 0 aromatic heterocycles. The molecule has 0 aliphatic carbocycles. The zero-order chi connectivity index (χ0) is 13.8. The molecule has 0 heterocycles. The molecule has 0 atom stereocenters. The highest BCUT2D eigenvalue weighted by molar-refractivity contribution is 7.92. The summed E-state index contributed by atoms with van der Waals surface area (Å²) in [5, 5.41) is 8.39. The molecule has 1 rings (SSSR count). The molecule has 18 heavy (non-hydrogen) atoms. The number of nitrogens with one attached hydrogen (secondary N) is 1. The van der Waals surface area contributed by atoms with E-state index in [-0.39, 0.29) is 11.4 Å². The number of anilines is 1. The van der Waals surface area contributed by atoms with Gasteiger partial charge in [-0.1, -0.05) is 0 Å². The lowest BCUT2D eigenvalue weighted by Crippen LogP contribution is -2.19. The number of carboxylic acids is 1. The van der Waals surface area contributed by atoms with Crippen LogP contribution in [0, 0.1) is 5.82 Å². The summed E-state index contributed by atoms with van der Waals surface area (Å²) in [7, 11) is -2.55. The molecule has 0 amide bonds. The second-order valence-electron chi connectivity index (χ2n) is 3.41. The van der Waals surface area contributed by atoms with E-state index in [9.17, 15) is 17.6 Å². The predicted molar refractivity (Wildman–Crippen MR) is 62.6 cm³/mol. The number of benzene rings is 1. The molecular formula is C10H12FNO5S. The van der Waals surface area contributed by atoms with Gasteiger partial charge in [0, 0.05) is 6.07 Å². The number of carboxylic acid groups (broad SMARTS) is 1. The van der Waals surface area contributed by atoms with Crippen LogP contribution in [-0.4, -0.2) is 32.4 Å². The van der Waals surface area contributed by atoms with E-state index < -0.39 is 34.0 Å². The number of hydrogen-bond acceptors (Lipinski definition) is 4. The Labute approximate surface area is 103 Å². The van der Waals surface area contributed by atoms with Crippen LogP contribution in [-0.2, 0) is 14.8 Å². The summed E-state index contributed by atoms with van der Waals surface area (Å²) in [5.41, 5.74) is -0.278. The molecule has 8 heteroatoms. The summed E-state index contributed by atoms with van der Waals surface area (Å²) in [5.74, 6) is -2.35. The predicted octanol–water partition coefficient (Wildman–Crippen LogP) is 1.05. The maximum Gasteiger partial charge on any atom is 0.304 e. The van der Waals surface area contributed by atoms with E-state index in [4.69, 9.17) is 9.84 Å². The number of rotatable bonds is 6. The van der Waals surface area contributed by atoms with Crippen molar-refractivity contribution >= 4 is 21.7 Å². The molecule has 0 bridgehead atoms. The van der Waals surface area contributed by atoms with E-state index >= 15 is 0 Å². The first-order valence-electron chi connectivity index (χ1n) is 4.90. The molecule has 1 aromatic rings. The Kier molecular flexibility index (Phi) is 4.49. The Morgan fingerprint density at radius 1 is 1.50 bits per heavy atom. The van der Waals surface area contributed by atoms with Crippen LogP contribution in [0.2, 0.25) is 0 Å². The second kappa shape index (κ2) is 5.67. The number of ether oxygens (including phenoxy) is 1. The molecule has 2 N–H and O–H groups in total. The van der Waals surface area contributed by atoms with Gasteiger partial charge in [0.15, 0.2) is 0 Å². The maximum atomic E-state index is 13.3. The van der Waals surface area contributed by atoms with Gasteiger partial charge in [-0.05, 0) is 12.1 Å². The van der Waals surface area contributed by atoms with Crippen molar-refractivity contribution in [3.05, 3.63) is 24.0 Å². The normalized spacial score (nSPS) is 11.0. The largest absolute Gasteiger partial charge is 0.497 e. The van der Waals surface area contributed by atoms with Crippen LogP contribution in [0.15, 0.2) is 18.2 Å². The lowest BCUT2D eigenvalue weighted by atomic mass is 10.3.